The van der Waals surface area contributed by atoms with Crippen LogP contribution in [-0.2, 0) is 9.47 Å². The Bertz CT molecular complexity index is 611. The first-order chi connectivity index (χ1) is 9.72. The molecule has 1 aliphatic rings. The van der Waals surface area contributed by atoms with Crippen LogP contribution in [0.1, 0.15) is 6.42 Å². The molecule has 6 nitrogen and oxygen atoms in total. The summed E-state index contributed by atoms with van der Waals surface area (Å²) in [4.78, 5) is 8.86. The molecule has 0 aliphatic carbocycles. The van der Waals surface area contributed by atoms with E-state index in [1.165, 1.54) is 0 Å². The topological polar surface area (TPSA) is 82.3 Å². The van der Waals surface area contributed by atoms with Crippen molar-refractivity contribution in [2.75, 3.05) is 37.9 Å². The Labute approximate surface area is 117 Å². The minimum Gasteiger partial charge on any atom is -0.381 e. The summed E-state index contributed by atoms with van der Waals surface area (Å²) >= 11 is 0. The highest BCUT2D eigenvalue weighted by Gasteiger charge is 2.35. The number of nitrogens with one attached hydrogen (secondary N) is 1. The van der Waals surface area contributed by atoms with Gasteiger partial charge in [-0.15, -0.1) is 0 Å². The third-order valence-electron chi connectivity index (χ3n) is 3.68. The minimum atomic E-state index is -0.306. The van der Waals surface area contributed by atoms with Gasteiger partial charge in [0.2, 0.25) is 0 Å². The third-order valence-corrected chi connectivity index (χ3v) is 3.68. The summed E-state index contributed by atoms with van der Waals surface area (Å²) in [6, 6.07) is 7.65. The van der Waals surface area contributed by atoms with Gasteiger partial charge >= 0.3 is 0 Å². The van der Waals surface area contributed by atoms with Crippen molar-refractivity contribution in [1.82, 2.24) is 9.97 Å². The standard InChI is InChI=1S/C14H18N4O2/c1-19-14(6-7-20-9-14)8-16-13-12(15)17-10-4-2-3-5-11(10)18-13/h2-5H,6-9H2,1H3,(H2,15,17)(H,16,18). The first kappa shape index (κ1) is 13.1. The van der Waals surface area contributed by atoms with Crippen molar-refractivity contribution in [2.45, 2.75) is 12.0 Å². The Morgan fingerprint density at radius 1 is 1.35 bits per heavy atom. The van der Waals surface area contributed by atoms with Crippen LogP contribution in [0.2, 0.25) is 0 Å². The molecule has 1 saturated heterocycles. The van der Waals surface area contributed by atoms with E-state index < -0.39 is 0 Å². The van der Waals surface area contributed by atoms with Gasteiger partial charge in [-0.3, -0.25) is 0 Å². The number of ether oxygens (including phenoxy) is 2. The van der Waals surface area contributed by atoms with E-state index >= 15 is 0 Å². The molecule has 106 valence electrons. The van der Waals surface area contributed by atoms with Gasteiger partial charge in [0.15, 0.2) is 11.6 Å². The molecule has 0 bridgehead atoms. The second-order valence-corrected chi connectivity index (χ2v) is 4.99. The van der Waals surface area contributed by atoms with Crippen LogP contribution in [0.4, 0.5) is 11.6 Å². The van der Waals surface area contributed by atoms with E-state index in [1.807, 2.05) is 24.3 Å². The van der Waals surface area contributed by atoms with Crippen molar-refractivity contribution in [3.8, 4) is 0 Å². The number of nitrogen functional groups attached to an aromatic ring is 1. The number of para-hydroxylation sites is 2. The minimum absolute atomic E-state index is 0.306. The lowest BCUT2D eigenvalue weighted by atomic mass is 10.0. The Balaban J connectivity index is 1.81. The van der Waals surface area contributed by atoms with E-state index in [9.17, 15) is 0 Å². The second kappa shape index (κ2) is 5.22. The van der Waals surface area contributed by atoms with Gasteiger partial charge in [-0.25, -0.2) is 9.97 Å². The lowest BCUT2D eigenvalue weighted by Gasteiger charge is -2.26. The van der Waals surface area contributed by atoms with Crippen LogP contribution in [0.3, 0.4) is 0 Å². The number of nitrogens with two attached hydrogens (primary N) is 1. The summed E-state index contributed by atoms with van der Waals surface area (Å²) in [5.41, 5.74) is 7.25. The number of fused-ring (bicyclic) bond motifs is 1. The molecule has 1 fully saturated rings. The van der Waals surface area contributed by atoms with E-state index in [-0.39, 0.29) is 5.60 Å². The van der Waals surface area contributed by atoms with E-state index in [0.717, 1.165) is 17.5 Å². The molecule has 1 atom stereocenters. The Morgan fingerprint density at radius 2 is 2.10 bits per heavy atom. The first-order valence-corrected chi connectivity index (χ1v) is 6.61. The van der Waals surface area contributed by atoms with Gasteiger partial charge in [-0.2, -0.15) is 0 Å². The summed E-state index contributed by atoms with van der Waals surface area (Å²) in [6.45, 7) is 1.90. The molecule has 2 aromatic rings. The van der Waals surface area contributed by atoms with Crippen LogP contribution in [-0.4, -0.2) is 42.4 Å². The molecular formula is C14H18N4O2. The van der Waals surface area contributed by atoms with Crippen molar-refractivity contribution in [1.29, 1.82) is 0 Å². The largest absolute Gasteiger partial charge is 0.381 e. The fraction of sp³-hybridized carbons (Fsp3) is 0.429. The average molecular weight is 274 g/mol. The Kier molecular flexibility index (Phi) is 3.42. The lowest BCUT2D eigenvalue weighted by molar-refractivity contribution is -0.00624. The molecule has 6 heteroatoms. The number of hydrogen-bond acceptors (Lipinski definition) is 6. The molecule has 1 unspecified atom stereocenters. The molecule has 1 aromatic carbocycles. The highest BCUT2D eigenvalue weighted by Crippen LogP contribution is 2.24. The second-order valence-electron chi connectivity index (χ2n) is 4.99. The summed E-state index contributed by atoms with van der Waals surface area (Å²) < 4.78 is 11.0. The zero-order valence-corrected chi connectivity index (χ0v) is 11.4. The number of benzene rings is 1. The van der Waals surface area contributed by atoms with Gasteiger partial charge in [0.25, 0.3) is 0 Å². The van der Waals surface area contributed by atoms with Gasteiger partial charge in [0.05, 0.1) is 17.6 Å². The molecular weight excluding hydrogens is 256 g/mol. The van der Waals surface area contributed by atoms with Crippen LogP contribution in [0, 0.1) is 0 Å². The highest BCUT2D eigenvalue weighted by atomic mass is 16.5. The lowest BCUT2D eigenvalue weighted by Crippen LogP contribution is -2.39. The Morgan fingerprint density at radius 3 is 2.75 bits per heavy atom. The number of nitrogens with zero attached hydrogens (tertiary/aromatic N) is 2. The average Bonchev–Trinajstić information content (AvgIpc) is 2.94. The smallest absolute Gasteiger partial charge is 0.169 e. The van der Waals surface area contributed by atoms with Crippen molar-refractivity contribution < 1.29 is 9.47 Å². The molecule has 0 spiro atoms. The van der Waals surface area contributed by atoms with Crippen molar-refractivity contribution in [3.63, 3.8) is 0 Å². The zero-order valence-electron chi connectivity index (χ0n) is 11.4. The number of hydrogen-bond donors (Lipinski definition) is 2. The van der Waals surface area contributed by atoms with Crippen LogP contribution < -0.4 is 11.1 Å². The van der Waals surface area contributed by atoms with Gasteiger partial charge < -0.3 is 20.5 Å². The normalized spacial score (nSPS) is 22.2. The maximum absolute atomic E-state index is 5.95. The zero-order chi connectivity index (χ0) is 14.0. The SMILES string of the molecule is COC1(CNc2nc3ccccc3nc2N)CCOC1. The number of aromatic nitrogens is 2. The molecule has 0 radical (unpaired) electrons. The van der Waals surface area contributed by atoms with Crippen molar-refractivity contribution in [2.24, 2.45) is 0 Å². The predicted molar refractivity (Wildman–Crippen MR) is 77.6 cm³/mol. The van der Waals surface area contributed by atoms with Crippen LogP contribution in [0.5, 0.6) is 0 Å². The van der Waals surface area contributed by atoms with E-state index in [4.69, 9.17) is 15.2 Å². The number of anilines is 2. The molecule has 20 heavy (non-hydrogen) atoms. The molecule has 0 amide bonds. The third kappa shape index (κ3) is 2.39. The van der Waals surface area contributed by atoms with Crippen molar-refractivity contribution >= 4 is 22.7 Å². The summed E-state index contributed by atoms with van der Waals surface area (Å²) in [6.07, 6.45) is 0.859. The maximum atomic E-state index is 5.95. The van der Waals surface area contributed by atoms with Crippen LogP contribution >= 0.6 is 0 Å². The first-order valence-electron chi connectivity index (χ1n) is 6.61. The van der Waals surface area contributed by atoms with Crippen molar-refractivity contribution in [3.05, 3.63) is 24.3 Å². The quantitative estimate of drug-likeness (QED) is 0.877. The molecule has 1 aliphatic heterocycles. The summed E-state index contributed by atoms with van der Waals surface area (Å²) in [5.74, 6) is 0.987. The molecule has 2 heterocycles. The predicted octanol–water partition coefficient (Wildman–Crippen LogP) is 1.43. The fourth-order valence-electron chi connectivity index (χ4n) is 2.35. The van der Waals surface area contributed by atoms with Crippen LogP contribution in [0.15, 0.2) is 24.3 Å². The maximum Gasteiger partial charge on any atom is 0.169 e. The number of methoxy groups -OCH3 is 1. The molecule has 1 aromatic heterocycles. The van der Waals surface area contributed by atoms with Crippen LogP contribution in [0.25, 0.3) is 11.0 Å². The van der Waals surface area contributed by atoms with Gasteiger partial charge in [0.1, 0.15) is 5.60 Å². The molecule has 3 rings (SSSR count). The summed E-state index contributed by atoms with van der Waals surface area (Å²) in [5, 5.41) is 3.24. The monoisotopic (exact) mass is 274 g/mol. The van der Waals surface area contributed by atoms with Gasteiger partial charge in [0, 0.05) is 26.7 Å². The highest BCUT2D eigenvalue weighted by molar-refractivity contribution is 5.79. The molecule has 0 saturated carbocycles. The van der Waals surface area contributed by atoms with Gasteiger partial charge in [-0.1, -0.05) is 12.1 Å². The Hall–Kier alpha value is -1.92. The number of rotatable bonds is 4. The van der Waals surface area contributed by atoms with Gasteiger partial charge in [-0.05, 0) is 12.1 Å². The van der Waals surface area contributed by atoms with E-state index in [2.05, 4.69) is 15.3 Å². The molecule has 3 N–H and O–H groups in total. The summed E-state index contributed by atoms with van der Waals surface area (Å²) in [7, 11) is 1.70. The fourth-order valence-corrected chi connectivity index (χ4v) is 2.35. The van der Waals surface area contributed by atoms with E-state index in [0.29, 0.717) is 31.4 Å². The van der Waals surface area contributed by atoms with E-state index in [1.54, 1.807) is 7.11 Å².